The molecule has 1 atom stereocenters. The third-order valence-corrected chi connectivity index (χ3v) is 2.07. The fourth-order valence-electron chi connectivity index (χ4n) is 1.30. The number of unbranched alkanes of at least 4 members (excludes halogenated alkanes) is 1. The van der Waals surface area contributed by atoms with Crippen molar-refractivity contribution >= 4 is 11.8 Å². The Morgan fingerprint density at radius 3 is 2.67 bits per heavy atom. The quantitative estimate of drug-likeness (QED) is 0.589. The molecule has 3 nitrogen and oxygen atoms in total. The normalized spacial score (nSPS) is 23.8. The van der Waals surface area contributed by atoms with Gasteiger partial charge in [-0.25, -0.2) is 0 Å². The summed E-state index contributed by atoms with van der Waals surface area (Å²) in [7, 11) is 0. The van der Waals surface area contributed by atoms with Crippen LogP contribution in [-0.4, -0.2) is 23.3 Å². The van der Waals surface area contributed by atoms with Gasteiger partial charge in [0, 0.05) is 18.9 Å². The second-order valence-electron chi connectivity index (χ2n) is 3.14. The van der Waals surface area contributed by atoms with Crippen LogP contribution in [-0.2, 0) is 9.59 Å². The van der Waals surface area contributed by atoms with Gasteiger partial charge in [0.25, 0.3) is 0 Å². The first-order valence-corrected chi connectivity index (χ1v) is 4.32. The number of imide groups is 1. The van der Waals surface area contributed by atoms with Crippen molar-refractivity contribution in [3.63, 3.8) is 0 Å². The van der Waals surface area contributed by atoms with Crippen molar-refractivity contribution in [3.8, 4) is 0 Å². The fourth-order valence-corrected chi connectivity index (χ4v) is 1.30. The Balaban J connectivity index is 2.52. The van der Waals surface area contributed by atoms with Gasteiger partial charge >= 0.3 is 0 Å². The Hall–Kier alpha value is -0.860. The maximum absolute atomic E-state index is 11.3. The second-order valence-corrected chi connectivity index (χ2v) is 3.14. The average Bonchev–Trinajstić information content (AvgIpc) is 2.25. The van der Waals surface area contributed by atoms with Gasteiger partial charge < -0.3 is 0 Å². The van der Waals surface area contributed by atoms with Gasteiger partial charge in [0.05, 0.1) is 0 Å². The Bertz CT molecular complexity index is 201. The van der Waals surface area contributed by atoms with Gasteiger partial charge in [-0.05, 0) is 6.42 Å². The molecule has 0 aliphatic carbocycles. The second kappa shape index (κ2) is 3.70. The number of hydrogen-bond acceptors (Lipinski definition) is 2. The van der Waals surface area contributed by atoms with Crippen molar-refractivity contribution in [1.82, 2.24) is 4.90 Å². The molecule has 0 aromatic carbocycles. The molecule has 1 saturated heterocycles. The summed E-state index contributed by atoms with van der Waals surface area (Å²) in [6.45, 7) is 4.28. The van der Waals surface area contributed by atoms with Crippen LogP contribution in [0.5, 0.6) is 0 Å². The van der Waals surface area contributed by atoms with Crippen LogP contribution >= 0.6 is 0 Å². The van der Waals surface area contributed by atoms with E-state index in [9.17, 15) is 9.59 Å². The van der Waals surface area contributed by atoms with E-state index in [-0.39, 0.29) is 17.7 Å². The van der Waals surface area contributed by atoms with Crippen LogP contribution in [0, 0.1) is 12.3 Å². The summed E-state index contributed by atoms with van der Waals surface area (Å²) in [4.78, 5) is 23.8. The lowest BCUT2D eigenvalue weighted by atomic mass is 10.1. The highest BCUT2D eigenvalue weighted by Gasteiger charge is 2.34. The standard InChI is InChI=1S/C9H14NO2/c1-3-4-5-10-8(11)6-7(2)9(10)12/h4,7H,3,5-6H2,1-2H3. The number of carbonyl (C=O) groups excluding carboxylic acids is 2. The number of amides is 2. The first kappa shape index (κ1) is 9.23. The molecule has 1 aliphatic rings. The summed E-state index contributed by atoms with van der Waals surface area (Å²) in [5, 5.41) is 0. The SMILES string of the molecule is CC[CH]CN1C(=O)CC(C)C1=O. The van der Waals surface area contributed by atoms with Crippen molar-refractivity contribution in [2.45, 2.75) is 26.7 Å². The molecule has 2 amide bonds. The zero-order chi connectivity index (χ0) is 9.14. The number of nitrogens with zero attached hydrogens (tertiary/aromatic N) is 1. The molecule has 3 heteroatoms. The minimum Gasteiger partial charge on any atom is -0.282 e. The summed E-state index contributed by atoms with van der Waals surface area (Å²) < 4.78 is 0. The summed E-state index contributed by atoms with van der Waals surface area (Å²) in [6, 6.07) is 0. The summed E-state index contributed by atoms with van der Waals surface area (Å²) in [5.41, 5.74) is 0. The van der Waals surface area contributed by atoms with Crippen molar-refractivity contribution in [2.24, 2.45) is 5.92 Å². The lowest BCUT2D eigenvalue weighted by Gasteiger charge is -2.12. The lowest BCUT2D eigenvalue weighted by molar-refractivity contribution is -0.138. The van der Waals surface area contributed by atoms with E-state index in [1.165, 1.54) is 4.90 Å². The molecule has 0 bridgehead atoms. The molecule has 1 rings (SSSR count). The highest BCUT2D eigenvalue weighted by molar-refractivity contribution is 6.03. The Labute approximate surface area is 72.7 Å². The molecule has 0 N–H and O–H groups in total. The largest absolute Gasteiger partial charge is 0.282 e. The third-order valence-electron chi connectivity index (χ3n) is 2.07. The molecule has 0 spiro atoms. The van der Waals surface area contributed by atoms with Gasteiger partial charge in [-0.1, -0.05) is 20.3 Å². The Morgan fingerprint density at radius 1 is 1.58 bits per heavy atom. The van der Waals surface area contributed by atoms with E-state index in [4.69, 9.17) is 0 Å². The summed E-state index contributed by atoms with van der Waals surface area (Å²) >= 11 is 0. The molecule has 12 heavy (non-hydrogen) atoms. The molecule has 1 heterocycles. The topological polar surface area (TPSA) is 37.4 Å². The van der Waals surface area contributed by atoms with Crippen LogP contribution in [0.2, 0.25) is 0 Å². The van der Waals surface area contributed by atoms with Gasteiger partial charge in [-0.2, -0.15) is 0 Å². The smallest absolute Gasteiger partial charge is 0.232 e. The predicted molar refractivity (Wildman–Crippen MR) is 45.1 cm³/mol. The van der Waals surface area contributed by atoms with E-state index in [0.717, 1.165) is 6.42 Å². The summed E-state index contributed by atoms with van der Waals surface area (Å²) in [6.07, 6.45) is 3.22. The van der Waals surface area contributed by atoms with Crippen LogP contribution in [0.3, 0.4) is 0 Å². The molecule has 1 unspecified atom stereocenters. The van der Waals surface area contributed by atoms with E-state index in [2.05, 4.69) is 0 Å². The zero-order valence-corrected chi connectivity index (χ0v) is 7.54. The fraction of sp³-hybridized carbons (Fsp3) is 0.667. The van der Waals surface area contributed by atoms with Crippen molar-refractivity contribution in [2.75, 3.05) is 6.54 Å². The number of hydrogen-bond donors (Lipinski definition) is 0. The minimum absolute atomic E-state index is 0.0234. The molecule has 1 radical (unpaired) electrons. The van der Waals surface area contributed by atoms with E-state index in [1.54, 1.807) is 6.92 Å². The van der Waals surface area contributed by atoms with Crippen LogP contribution in [0.15, 0.2) is 0 Å². The van der Waals surface area contributed by atoms with Gasteiger partial charge in [0.15, 0.2) is 0 Å². The summed E-state index contributed by atoms with van der Waals surface area (Å²) in [5.74, 6) is -0.162. The number of carbonyl (C=O) groups is 2. The van der Waals surface area contributed by atoms with Crippen LogP contribution < -0.4 is 0 Å². The molecule has 0 aromatic rings. The molecule has 1 aliphatic heterocycles. The first-order chi connectivity index (χ1) is 5.66. The predicted octanol–water partition coefficient (Wildman–Crippen LogP) is 0.996. The van der Waals surface area contributed by atoms with Crippen LogP contribution in [0.1, 0.15) is 26.7 Å². The van der Waals surface area contributed by atoms with E-state index in [1.807, 2.05) is 13.3 Å². The monoisotopic (exact) mass is 168 g/mol. The van der Waals surface area contributed by atoms with Gasteiger partial charge in [0.2, 0.25) is 11.8 Å². The van der Waals surface area contributed by atoms with Crippen molar-refractivity contribution in [1.29, 1.82) is 0 Å². The van der Waals surface area contributed by atoms with Crippen LogP contribution in [0.25, 0.3) is 0 Å². The average molecular weight is 168 g/mol. The van der Waals surface area contributed by atoms with Gasteiger partial charge in [0.1, 0.15) is 0 Å². The lowest BCUT2D eigenvalue weighted by Crippen LogP contribution is -2.31. The van der Waals surface area contributed by atoms with E-state index < -0.39 is 0 Å². The van der Waals surface area contributed by atoms with E-state index >= 15 is 0 Å². The Morgan fingerprint density at radius 2 is 2.25 bits per heavy atom. The molecular weight excluding hydrogens is 154 g/mol. The van der Waals surface area contributed by atoms with E-state index in [0.29, 0.717) is 13.0 Å². The first-order valence-electron chi connectivity index (χ1n) is 4.32. The van der Waals surface area contributed by atoms with Gasteiger partial charge in [-0.15, -0.1) is 0 Å². The number of likely N-dealkylation sites (tertiary alicyclic amines) is 1. The third kappa shape index (κ3) is 1.65. The number of rotatable bonds is 3. The minimum atomic E-state index is -0.109. The highest BCUT2D eigenvalue weighted by atomic mass is 16.2. The van der Waals surface area contributed by atoms with Crippen molar-refractivity contribution < 1.29 is 9.59 Å². The van der Waals surface area contributed by atoms with Crippen LogP contribution in [0.4, 0.5) is 0 Å². The molecular formula is C9H14NO2. The maximum atomic E-state index is 11.3. The van der Waals surface area contributed by atoms with Crippen molar-refractivity contribution in [3.05, 3.63) is 6.42 Å². The molecule has 67 valence electrons. The maximum Gasteiger partial charge on any atom is 0.232 e. The molecule has 0 saturated carbocycles. The van der Waals surface area contributed by atoms with Gasteiger partial charge in [-0.3, -0.25) is 14.5 Å². The molecule has 1 fully saturated rings. The Kier molecular flexibility index (Phi) is 2.84. The zero-order valence-electron chi connectivity index (χ0n) is 7.54. The molecule has 0 aromatic heterocycles. The highest BCUT2D eigenvalue weighted by Crippen LogP contribution is 2.18.